The normalized spacial score (nSPS) is 14.8. The van der Waals surface area contributed by atoms with E-state index < -0.39 is 0 Å². The van der Waals surface area contributed by atoms with E-state index in [2.05, 4.69) is 26.0 Å². The predicted molar refractivity (Wildman–Crippen MR) is 118 cm³/mol. The van der Waals surface area contributed by atoms with Crippen molar-refractivity contribution in [3.8, 4) is 11.9 Å². The lowest BCUT2D eigenvalue weighted by atomic mass is 10.1. The minimum absolute atomic E-state index is 0.108. The maximum atomic E-state index is 12.9. The summed E-state index contributed by atoms with van der Waals surface area (Å²) in [7, 11) is 0. The Labute approximate surface area is 186 Å². The maximum Gasteiger partial charge on any atom is 0.280 e. The molecule has 1 aromatic carbocycles. The second-order valence-electron chi connectivity index (χ2n) is 7.30. The number of hydrogen-bond acceptors (Lipinski definition) is 6. The van der Waals surface area contributed by atoms with Gasteiger partial charge in [-0.05, 0) is 30.3 Å². The zero-order valence-electron chi connectivity index (χ0n) is 16.2. The molecule has 0 saturated carbocycles. The summed E-state index contributed by atoms with van der Waals surface area (Å²) in [4.78, 5) is 23.9. The molecule has 0 unspecified atom stereocenters. The summed E-state index contributed by atoms with van der Waals surface area (Å²) in [6.45, 7) is 1.50. The number of piperidine rings is 1. The molecule has 1 N–H and O–H groups in total. The Morgan fingerprint density at radius 1 is 1.16 bits per heavy atom. The number of aromatic nitrogens is 4. The predicted octanol–water partition coefficient (Wildman–Crippen LogP) is 3.80. The van der Waals surface area contributed by atoms with Crippen LogP contribution in [0.2, 0.25) is 10.0 Å². The van der Waals surface area contributed by atoms with Gasteiger partial charge in [-0.15, -0.1) is 0 Å². The molecule has 1 aliphatic rings. The van der Waals surface area contributed by atoms with Crippen LogP contribution in [0, 0.1) is 11.3 Å². The second-order valence-corrected chi connectivity index (χ2v) is 8.18. The van der Waals surface area contributed by atoms with Gasteiger partial charge in [-0.1, -0.05) is 23.2 Å². The van der Waals surface area contributed by atoms with E-state index in [-0.39, 0.29) is 28.8 Å². The number of halogens is 2. The number of aromatic amines is 1. The molecule has 0 atom stereocenters. The van der Waals surface area contributed by atoms with Gasteiger partial charge in [0.15, 0.2) is 11.2 Å². The Bertz CT molecular complexity index is 1380. The molecule has 8 nitrogen and oxygen atoms in total. The first-order valence-electron chi connectivity index (χ1n) is 9.71. The standard InChI is InChI=1S/C21H16Cl2N6O2/c22-12-1-3-17-15(9-12)21(30)29-19(26-17)16(10-24)20(27-29)31-14-5-7-28(8-6-14)18-4-2-13(23)11-25-18/h1-4,9,11,14,27H,5-8H2. The van der Waals surface area contributed by atoms with Crippen molar-refractivity contribution < 1.29 is 4.74 Å². The number of nitriles is 1. The lowest BCUT2D eigenvalue weighted by Gasteiger charge is -2.32. The topological polar surface area (TPSA) is 99.3 Å². The lowest BCUT2D eigenvalue weighted by Crippen LogP contribution is -2.38. The molecular weight excluding hydrogens is 439 g/mol. The molecule has 4 aromatic rings. The second kappa shape index (κ2) is 7.76. The number of H-pyrrole nitrogens is 1. The summed E-state index contributed by atoms with van der Waals surface area (Å²) in [6.07, 6.45) is 3.00. The van der Waals surface area contributed by atoms with Crippen LogP contribution in [-0.4, -0.2) is 38.8 Å². The minimum Gasteiger partial charge on any atom is -0.474 e. The van der Waals surface area contributed by atoms with Crippen LogP contribution >= 0.6 is 23.2 Å². The zero-order chi connectivity index (χ0) is 21.5. The van der Waals surface area contributed by atoms with Gasteiger partial charge in [0.2, 0.25) is 5.88 Å². The highest BCUT2D eigenvalue weighted by molar-refractivity contribution is 6.31. The molecular formula is C21H16Cl2N6O2. The van der Waals surface area contributed by atoms with Crippen LogP contribution < -0.4 is 15.2 Å². The average molecular weight is 455 g/mol. The van der Waals surface area contributed by atoms with Gasteiger partial charge in [0.05, 0.1) is 15.9 Å². The van der Waals surface area contributed by atoms with Crippen molar-refractivity contribution in [2.24, 2.45) is 0 Å². The molecule has 0 bridgehead atoms. The van der Waals surface area contributed by atoms with Gasteiger partial charge in [-0.25, -0.2) is 9.97 Å². The number of fused-ring (bicyclic) bond motifs is 2. The van der Waals surface area contributed by atoms with Gasteiger partial charge in [-0.3, -0.25) is 9.89 Å². The summed E-state index contributed by atoms with van der Waals surface area (Å²) in [5.41, 5.74) is 0.577. The molecule has 1 aliphatic heterocycles. The summed E-state index contributed by atoms with van der Waals surface area (Å²) in [5, 5.41) is 14.0. The van der Waals surface area contributed by atoms with Gasteiger partial charge in [0.1, 0.15) is 18.0 Å². The Morgan fingerprint density at radius 3 is 2.65 bits per heavy atom. The highest BCUT2D eigenvalue weighted by atomic mass is 35.5. The largest absolute Gasteiger partial charge is 0.474 e. The van der Waals surface area contributed by atoms with Crippen LogP contribution in [0.3, 0.4) is 0 Å². The molecule has 31 heavy (non-hydrogen) atoms. The summed E-state index contributed by atoms with van der Waals surface area (Å²) in [6, 6.07) is 10.7. The highest BCUT2D eigenvalue weighted by Crippen LogP contribution is 2.26. The Kier molecular flexibility index (Phi) is 4.93. The molecule has 5 rings (SSSR count). The Morgan fingerprint density at radius 2 is 1.94 bits per heavy atom. The van der Waals surface area contributed by atoms with E-state index in [1.165, 1.54) is 4.52 Å². The van der Waals surface area contributed by atoms with Crippen molar-refractivity contribution in [2.75, 3.05) is 18.0 Å². The van der Waals surface area contributed by atoms with Gasteiger partial charge in [-0.2, -0.15) is 9.78 Å². The van der Waals surface area contributed by atoms with Crippen LogP contribution in [0.15, 0.2) is 41.3 Å². The summed E-state index contributed by atoms with van der Waals surface area (Å²) < 4.78 is 7.33. The van der Waals surface area contributed by atoms with E-state index in [4.69, 9.17) is 27.9 Å². The van der Waals surface area contributed by atoms with E-state index in [0.29, 0.717) is 20.9 Å². The van der Waals surface area contributed by atoms with Gasteiger partial charge >= 0.3 is 0 Å². The van der Waals surface area contributed by atoms with Crippen molar-refractivity contribution in [3.63, 3.8) is 0 Å². The fourth-order valence-corrected chi connectivity index (χ4v) is 4.08. The number of hydrogen-bond donors (Lipinski definition) is 1. The molecule has 0 amide bonds. The van der Waals surface area contributed by atoms with Crippen molar-refractivity contribution in [1.29, 1.82) is 5.26 Å². The number of pyridine rings is 1. The molecule has 0 radical (unpaired) electrons. The quantitative estimate of drug-likeness (QED) is 0.505. The summed E-state index contributed by atoms with van der Waals surface area (Å²) >= 11 is 11.9. The SMILES string of the molecule is N#Cc1c(OC2CCN(c3ccc(Cl)cn3)CC2)[nH]n2c(=O)c3cc(Cl)ccc3nc12. The first kappa shape index (κ1) is 19.7. The van der Waals surface area contributed by atoms with Crippen molar-refractivity contribution in [2.45, 2.75) is 18.9 Å². The van der Waals surface area contributed by atoms with Crippen LogP contribution in [-0.2, 0) is 0 Å². The molecule has 0 spiro atoms. The number of rotatable bonds is 3. The molecule has 10 heteroatoms. The number of anilines is 1. The molecule has 1 fully saturated rings. The molecule has 156 valence electrons. The average Bonchev–Trinajstić information content (AvgIpc) is 3.13. The monoisotopic (exact) mass is 454 g/mol. The lowest BCUT2D eigenvalue weighted by molar-refractivity contribution is 0.162. The molecule has 1 saturated heterocycles. The van der Waals surface area contributed by atoms with Gasteiger partial charge < -0.3 is 9.64 Å². The van der Waals surface area contributed by atoms with Crippen LogP contribution in [0.4, 0.5) is 5.82 Å². The maximum absolute atomic E-state index is 12.9. The van der Waals surface area contributed by atoms with Crippen LogP contribution in [0.1, 0.15) is 18.4 Å². The zero-order valence-corrected chi connectivity index (χ0v) is 17.7. The van der Waals surface area contributed by atoms with Gasteiger partial charge in [0, 0.05) is 37.2 Å². The van der Waals surface area contributed by atoms with Crippen LogP contribution in [0.25, 0.3) is 16.6 Å². The Hall–Kier alpha value is -3.28. The van der Waals surface area contributed by atoms with Gasteiger partial charge in [0.25, 0.3) is 5.56 Å². The van der Waals surface area contributed by atoms with E-state index in [1.807, 2.05) is 12.1 Å². The number of nitrogens with one attached hydrogen (secondary N) is 1. The highest BCUT2D eigenvalue weighted by Gasteiger charge is 2.25. The third kappa shape index (κ3) is 3.56. The van der Waals surface area contributed by atoms with E-state index >= 15 is 0 Å². The third-order valence-corrected chi connectivity index (χ3v) is 5.83. The number of ether oxygens (including phenoxy) is 1. The molecule has 0 aliphatic carbocycles. The van der Waals surface area contributed by atoms with Crippen molar-refractivity contribution >= 4 is 45.6 Å². The van der Waals surface area contributed by atoms with Crippen LogP contribution in [0.5, 0.6) is 5.88 Å². The first-order valence-corrected chi connectivity index (χ1v) is 10.5. The first-order chi connectivity index (χ1) is 15.0. The van der Waals surface area contributed by atoms with E-state index in [9.17, 15) is 10.1 Å². The number of benzene rings is 1. The summed E-state index contributed by atoms with van der Waals surface area (Å²) in [5.74, 6) is 1.11. The van der Waals surface area contributed by atoms with Crippen molar-refractivity contribution in [1.82, 2.24) is 19.6 Å². The number of nitrogens with zero attached hydrogens (tertiary/aromatic N) is 5. The Balaban J connectivity index is 1.41. The molecule has 4 heterocycles. The molecule has 3 aromatic heterocycles. The van der Waals surface area contributed by atoms with Crippen molar-refractivity contribution in [3.05, 3.63) is 62.5 Å². The minimum atomic E-state index is -0.336. The third-order valence-electron chi connectivity index (χ3n) is 5.37. The van der Waals surface area contributed by atoms with E-state index in [1.54, 1.807) is 24.4 Å². The van der Waals surface area contributed by atoms with E-state index in [0.717, 1.165) is 31.7 Å². The smallest absolute Gasteiger partial charge is 0.280 e. The fraction of sp³-hybridized carbons (Fsp3) is 0.238. The fourth-order valence-electron chi connectivity index (χ4n) is 3.80.